The summed E-state index contributed by atoms with van der Waals surface area (Å²) < 4.78 is 0. The van der Waals surface area contributed by atoms with Gasteiger partial charge in [-0.15, -0.1) is 0 Å². The average Bonchev–Trinajstić information content (AvgIpc) is 2.57. The highest BCUT2D eigenvalue weighted by Gasteiger charge is 2.14. The molecule has 0 fully saturated rings. The molecule has 0 unspecified atom stereocenters. The smallest absolute Gasteiger partial charge is 0.269 e. The number of hydrogen-bond acceptors (Lipinski definition) is 6. The Labute approximate surface area is 141 Å². The van der Waals surface area contributed by atoms with Gasteiger partial charge in [0.25, 0.3) is 11.8 Å². The summed E-state index contributed by atoms with van der Waals surface area (Å²) in [6.07, 6.45) is 0. The van der Waals surface area contributed by atoms with Crippen molar-refractivity contribution < 1.29 is 24.9 Å². The first kappa shape index (κ1) is 17.0. The van der Waals surface area contributed by atoms with Gasteiger partial charge in [0.1, 0.15) is 0 Å². The third kappa shape index (κ3) is 4.11. The lowest BCUT2D eigenvalue weighted by Crippen LogP contribution is -2.48. The lowest BCUT2D eigenvalue weighted by Gasteiger charge is -2.11. The Morgan fingerprint density at radius 2 is 1.42 bits per heavy atom. The molecule has 0 aliphatic rings. The number of phenolic OH excluding ortho intramolecular Hbond substituents is 3. The molecule has 0 atom stereocenters. The molecule has 0 spiro atoms. The minimum atomic E-state index is -0.753. The first-order valence-corrected chi connectivity index (χ1v) is 7.01. The molecule has 8 nitrogen and oxygen atoms in total. The van der Waals surface area contributed by atoms with Crippen molar-refractivity contribution in [3.63, 3.8) is 0 Å². The predicted octanol–water partition coefficient (Wildman–Crippen LogP) is 0.753. The van der Waals surface area contributed by atoms with Crippen molar-refractivity contribution in [2.75, 3.05) is 0 Å². The van der Waals surface area contributed by atoms with Crippen LogP contribution in [0.3, 0.4) is 0 Å². The summed E-state index contributed by atoms with van der Waals surface area (Å²) >= 11 is 4.87. The van der Waals surface area contributed by atoms with Crippen molar-refractivity contribution in [1.29, 1.82) is 0 Å². The second-order valence-corrected chi connectivity index (χ2v) is 5.00. The predicted molar refractivity (Wildman–Crippen MR) is 88.5 cm³/mol. The van der Waals surface area contributed by atoms with Crippen molar-refractivity contribution in [2.45, 2.75) is 0 Å². The zero-order valence-electron chi connectivity index (χ0n) is 12.1. The number of hydrogen-bond donors (Lipinski definition) is 6. The number of hydrazine groups is 1. The number of carbonyl (C=O) groups is 2. The summed E-state index contributed by atoms with van der Waals surface area (Å²) in [5.41, 5.74) is 4.75. The van der Waals surface area contributed by atoms with Crippen molar-refractivity contribution in [2.24, 2.45) is 0 Å². The molecule has 2 aromatic rings. The topological polar surface area (TPSA) is 131 Å². The molecule has 0 saturated carbocycles. The van der Waals surface area contributed by atoms with E-state index in [9.17, 15) is 24.9 Å². The average molecular weight is 347 g/mol. The van der Waals surface area contributed by atoms with E-state index in [2.05, 4.69) is 16.2 Å². The molecule has 0 bridgehead atoms. The number of rotatable bonds is 2. The van der Waals surface area contributed by atoms with Crippen LogP contribution in [0.25, 0.3) is 0 Å². The number of phenols is 3. The summed E-state index contributed by atoms with van der Waals surface area (Å²) in [7, 11) is 0. The molecule has 6 N–H and O–H groups in total. The molecule has 0 aliphatic heterocycles. The third-order valence-electron chi connectivity index (χ3n) is 2.88. The molecule has 2 amide bonds. The number of thiocarbonyl (C=S) groups is 1. The van der Waals surface area contributed by atoms with Crippen LogP contribution in [0.4, 0.5) is 0 Å². The van der Waals surface area contributed by atoms with Gasteiger partial charge in [0.15, 0.2) is 22.4 Å². The van der Waals surface area contributed by atoms with Gasteiger partial charge in [-0.3, -0.25) is 25.8 Å². The van der Waals surface area contributed by atoms with E-state index in [1.54, 1.807) is 30.3 Å². The van der Waals surface area contributed by atoms with Gasteiger partial charge in [-0.1, -0.05) is 18.2 Å². The molecule has 0 radical (unpaired) electrons. The fourth-order valence-corrected chi connectivity index (χ4v) is 1.86. The van der Waals surface area contributed by atoms with E-state index in [4.69, 9.17) is 12.2 Å². The Morgan fingerprint density at radius 3 is 2.00 bits per heavy atom. The lowest BCUT2D eigenvalue weighted by molar-refractivity contribution is 0.0934. The molecule has 0 aromatic heterocycles. The molecular weight excluding hydrogens is 334 g/mol. The van der Waals surface area contributed by atoms with E-state index >= 15 is 0 Å². The van der Waals surface area contributed by atoms with E-state index in [1.807, 2.05) is 0 Å². The van der Waals surface area contributed by atoms with Gasteiger partial charge in [-0.25, -0.2) is 0 Å². The Morgan fingerprint density at radius 1 is 0.833 bits per heavy atom. The molecule has 2 aromatic carbocycles. The van der Waals surface area contributed by atoms with E-state index in [0.717, 1.165) is 12.1 Å². The maximum atomic E-state index is 11.9. The van der Waals surface area contributed by atoms with Crippen LogP contribution in [-0.2, 0) is 0 Å². The number of carbonyl (C=O) groups excluding carboxylic acids is 2. The Kier molecular flexibility index (Phi) is 5.17. The summed E-state index contributed by atoms with van der Waals surface area (Å²) in [4.78, 5) is 23.7. The first-order valence-electron chi connectivity index (χ1n) is 6.60. The molecule has 0 aliphatic carbocycles. The number of aromatic hydroxyl groups is 3. The molecule has 0 heterocycles. The molecule has 124 valence electrons. The second kappa shape index (κ2) is 7.29. The zero-order chi connectivity index (χ0) is 17.7. The van der Waals surface area contributed by atoms with Crippen LogP contribution in [0.15, 0.2) is 42.5 Å². The Bertz CT molecular complexity index is 772. The van der Waals surface area contributed by atoms with Crippen LogP contribution in [-0.4, -0.2) is 32.2 Å². The molecule has 0 saturated heterocycles. The Hall–Kier alpha value is -3.33. The van der Waals surface area contributed by atoms with Crippen LogP contribution in [0.5, 0.6) is 17.2 Å². The summed E-state index contributed by atoms with van der Waals surface area (Å²) in [6, 6.07) is 10.2. The van der Waals surface area contributed by atoms with Crippen LogP contribution in [0.1, 0.15) is 20.7 Å². The van der Waals surface area contributed by atoms with Gasteiger partial charge >= 0.3 is 0 Å². The fourth-order valence-electron chi connectivity index (χ4n) is 1.72. The van der Waals surface area contributed by atoms with Crippen molar-refractivity contribution in [3.8, 4) is 17.2 Å². The van der Waals surface area contributed by atoms with Crippen LogP contribution >= 0.6 is 12.2 Å². The summed E-state index contributed by atoms with van der Waals surface area (Å²) in [5, 5.41) is 30.2. The van der Waals surface area contributed by atoms with E-state index in [1.165, 1.54) is 0 Å². The minimum absolute atomic E-state index is 0.132. The summed E-state index contributed by atoms with van der Waals surface area (Å²) in [6.45, 7) is 0. The van der Waals surface area contributed by atoms with E-state index in [0.29, 0.717) is 5.56 Å². The summed E-state index contributed by atoms with van der Waals surface area (Å²) in [5.74, 6) is -3.25. The van der Waals surface area contributed by atoms with Crippen molar-refractivity contribution in [1.82, 2.24) is 16.2 Å². The van der Waals surface area contributed by atoms with Gasteiger partial charge in [0.05, 0.1) is 0 Å². The molecular formula is C15H13N3O5S. The molecule has 9 heteroatoms. The largest absolute Gasteiger partial charge is 0.504 e. The zero-order valence-corrected chi connectivity index (χ0v) is 12.9. The third-order valence-corrected chi connectivity index (χ3v) is 3.09. The first-order chi connectivity index (χ1) is 11.4. The Balaban J connectivity index is 1.92. The molecule has 24 heavy (non-hydrogen) atoms. The number of nitrogens with one attached hydrogen (secondary N) is 3. The minimum Gasteiger partial charge on any atom is -0.504 e. The molecule has 2 rings (SSSR count). The van der Waals surface area contributed by atoms with Crippen molar-refractivity contribution >= 4 is 29.1 Å². The number of amides is 2. The second-order valence-electron chi connectivity index (χ2n) is 4.59. The maximum absolute atomic E-state index is 11.9. The SMILES string of the molecule is O=C(NNC(=S)NC(=O)c1ccccc1)c1cc(O)c(O)c(O)c1. The standard InChI is InChI=1S/C15H13N3O5S/c19-10-6-9(7-11(20)12(10)21)14(23)17-18-15(24)16-13(22)8-4-2-1-3-5-8/h1-7,19-21H,(H,17,23)(H2,16,18,22,24). The highest BCUT2D eigenvalue weighted by molar-refractivity contribution is 7.80. The van der Waals surface area contributed by atoms with Gasteiger partial charge < -0.3 is 15.3 Å². The van der Waals surface area contributed by atoms with Gasteiger partial charge in [-0.2, -0.15) is 0 Å². The van der Waals surface area contributed by atoms with Crippen LogP contribution in [0.2, 0.25) is 0 Å². The van der Waals surface area contributed by atoms with Gasteiger partial charge in [-0.05, 0) is 36.5 Å². The monoisotopic (exact) mass is 347 g/mol. The fraction of sp³-hybridized carbons (Fsp3) is 0. The van der Waals surface area contributed by atoms with Crippen molar-refractivity contribution in [3.05, 3.63) is 53.6 Å². The van der Waals surface area contributed by atoms with Gasteiger partial charge in [0.2, 0.25) is 0 Å². The normalized spacial score (nSPS) is 9.83. The quantitative estimate of drug-likeness (QED) is 0.268. The highest BCUT2D eigenvalue weighted by atomic mass is 32.1. The maximum Gasteiger partial charge on any atom is 0.269 e. The van der Waals surface area contributed by atoms with E-state index in [-0.39, 0.29) is 10.7 Å². The lowest BCUT2D eigenvalue weighted by atomic mass is 10.2. The van der Waals surface area contributed by atoms with Crippen LogP contribution < -0.4 is 16.2 Å². The van der Waals surface area contributed by atoms with E-state index < -0.39 is 29.1 Å². The van der Waals surface area contributed by atoms with Crippen LogP contribution in [0, 0.1) is 0 Å². The number of benzene rings is 2. The highest BCUT2D eigenvalue weighted by Crippen LogP contribution is 2.35. The van der Waals surface area contributed by atoms with Gasteiger partial charge in [0, 0.05) is 11.1 Å².